The molecule has 0 aliphatic rings. The summed E-state index contributed by atoms with van der Waals surface area (Å²) in [7, 11) is 1.65. The normalized spacial score (nSPS) is 11.1. The molecule has 15 heteroatoms. The molecule has 0 fully saturated rings. The van der Waals surface area contributed by atoms with Gasteiger partial charge in [-0.25, -0.2) is 19.7 Å². The molecule has 194 valence electrons. The van der Waals surface area contributed by atoms with Crippen LogP contribution in [0.3, 0.4) is 0 Å². The van der Waals surface area contributed by atoms with Gasteiger partial charge in [-0.1, -0.05) is 11.6 Å². The smallest absolute Gasteiger partial charge is 0.311 e. The van der Waals surface area contributed by atoms with Crippen molar-refractivity contribution < 1.29 is 22.8 Å². The summed E-state index contributed by atoms with van der Waals surface area (Å²) < 4.78 is 40.7. The SMILES string of the molecule is CNCC(=O)Nc1ncnc2c1ncn2-c1ccc(NC(=O)Nc2ccc(Cl)c(C(F)(F)F)c2)cc1.Cl. The lowest BCUT2D eigenvalue weighted by atomic mass is 10.2. The van der Waals surface area contributed by atoms with Crippen molar-refractivity contribution in [2.75, 3.05) is 29.5 Å². The molecule has 0 saturated carbocycles. The van der Waals surface area contributed by atoms with E-state index >= 15 is 0 Å². The van der Waals surface area contributed by atoms with Gasteiger partial charge in [0.25, 0.3) is 0 Å². The van der Waals surface area contributed by atoms with Gasteiger partial charge >= 0.3 is 12.2 Å². The van der Waals surface area contributed by atoms with Gasteiger partial charge in [0.2, 0.25) is 5.91 Å². The molecule has 0 saturated heterocycles. The Bertz CT molecular complexity index is 1430. The first kappa shape index (κ1) is 27.6. The number of alkyl halides is 3. The Labute approximate surface area is 219 Å². The lowest BCUT2D eigenvalue weighted by Gasteiger charge is -2.12. The van der Waals surface area contributed by atoms with Gasteiger partial charge in [-0.2, -0.15) is 13.2 Å². The minimum absolute atomic E-state index is 0. The molecule has 4 aromatic rings. The number of carbonyl (C=O) groups excluding carboxylic acids is 2. The third kappa shape index (κ3) is 6.44. The van der Waals surface area contributed by atoms with E-state index in [1.807, 2.05) is 0 Å². The van der Waals surface area contributed by atoms with Crippen LogP contribution in [0.4, 0.5) is 35.2 Å². The van der Waals surface area contributed by atoms with Crippen LogP contribution in [0.1, 0.15) is 5.56 Å². The second-order valence-electron chi connectivity index (χ2n) is 7.41. The number of hydrogen-bond donors (Lipinski definition) is 4. The fourth-order valence-electron chi connectivity index (χ4n) is 3.27. The second kappa shape index (κ2) is 11.4. The van der Waals surface area contributed by atoms with E-state index in [1.165, 1.54) is 18.7 Å². The monoisotopic (exact) mass is 554 g/mol. The fourth-order valence-corrected chi connectivity index (χ4v) is 3.50. The highest BCUT2D eigenvalue weighted by Gasteiger charge is 2.33. The zero-order valence-corrected chi connectivity index (χ0v) is 20.5. The highest BCUT2D eigenvalue weighted by atomic mass is 35.5. The molecule has 0 bridgehead atoms. The number of halogens is 5. The molecule has 3 amide bonds. The van der Waals surface area contributed by atoms with E-state index in [1.54, 1.807) is 35.9 Å². The summed E-state index contributed by atoms with van der Waals surface area (Å²) >= 11 is 5.60. The third-order valence-electron chi connectivity index (χ3n) is 4.86. The second-order valence-corrected chi connectivity index (χ2v) is 7.81. The fraction of sp³-hybridized carbons (Fsp3) is 0.136. The lowest BCUT2D eigenvalue weighted by molar-refractivity contribution is -0.137. The van der Waals surface area contributed by atoms with Gasteiger partial charge in [0.15, 0.2) is 17.0 Å². The number of rotatable bonds is 6. The zero-order valence-electron chi connectivity index (χ0n) is 18.9. The molecule has 0 radical (unpaired) electrons. The molecular weight excluding hydrogens is 536 g/mol. The standard InChI is InChI=1S/C22H18ClF3N8O2.ClH/c1-27-9-17(35)33-19-18-20(29-10-28-19)34(11-30-18)14-5-2-12(3-6-14)31-21(36)32-13-4-7-16(23)15(8-13)22(24,25)26;/h2-8,10-11,27H,9H2,1H3,(H2,31,32,36)(H,28,29,33,35);1H. The summed E-state index contributed by atoms with van der Waals surface area (Å²) in [5.41, 5.74) is 0.772. The Morgan fingerprint density at radius 1 is 0.973 bits per heavy atom. The van der Waals surface area contributed by atoms with Crippen LogP contribution in [0.5, 0.6) is 0 Å². The topological polar surface area (TPSA) is 126 Å². The van der Waals surface area contributed by atoms with Gasteiger partial charge in [0.1, 0.15) is 12.7 Å². The Kier molecular flexibility index (Phi) is 8.53. The van der Waals surface area contributed by atoms with Crippen molar-refractivity contribution in [2.24, 2.45) is 0 Å². The van der Waals surface area contributed by atoms with E-state index in [0.717, 1.165) is 12.1 Å². The quantitative estimate of drug-likeness (QED) is 0.273. The highest BCUT2D eigenvalue weighted by molar-refractivity contribution is 6.31. The minimum Gasteiger partial charge on any atom is -0.311 e. The molecule has 0 spiro atoms. The van der Waals surface area contributed by atoms with E-state index in [9.17, 15) is 22.8 Å². The molecule has 0 atom stereocenters. The lowest BCUT2D eigenvalue weighted by Crippen LogP contribution is -2.25. The Morgan fingerprint density at radius 2 is 1.65 bits per heavy atom. The highest BCUT2D eigenvalue weighted by Crippen LogP contribution is 2.36. The first-order valence-corrected chi connectivity index (χ1v) is 10.7. The number of benzene rings is 2. The third-order valence-corrected chi connectivity index (χ3v) is 5.19. The van der Waals surface area contributed by atoms with E-state index in [2.05, 4.69) is 36.2 Å². The number of nitrogens with zero attached hydrogens (tertiary/aromatic N) is 4. The maximum absolute atomic E-state index is 13.0. The van der Waals surface area contributed by atoms with Crippen LogP contribution in [-0.2, 0) is 11.0 Å². The first-order valence-electron chi connectivity index (χ1n) is 10.3. The van der Waals surface area contributed by atoms with Crippen molar-refractivity contribution in [1.29, 1.82) is 0 Å². The van der Waals surface area contributed by atoms with E-state index in [4.69, 9.17) is 11.6 Å². The van der Waals surface area contributed by atoms with Crippen LogP contribution in [0.25, 0.3) is 16.9 Å². The van der Waals surface area contributed by atoms with Crippen LogP contribution in [0.2, 0.25) is 5.02 Å². The van der Waals surface area contributed by atoms with Gasteiger partial charge in [-0.3, -0.25) is 9.36 Å². The number of amides is 3. The molecule has 37 heavy (non-hydrogen) atoms. The predicted molar refractivity (Wildman–Crippen MR) is 136 cm³/mol. The number of nitrogens with one attached hydrogen (secondary N) is 4. The predicted octanol–water partition coefficient (Wildman–Crippen LogP) is 4.71. The summed E-state index contributed by atoms with van der Waals surface area (Å²) in [6.45, 7) is 0.107. The van der Waals surface area contributed by atoms with Crippen LogP contribution >= 0.6 is 24.0 Å². The summed E-state index contributed by atoms with van der Waals surface area (Å²) in [6.07, 6.45) is -1.83. The van der Waals surface area contributed by atoms with Gasteiger partial charge in [-0.15, -0.1) is 12.4 Å². The van der Waals surface area contributed by atoms with Gasteiger partial charge < -0.3 is 21.3 Å². The first-order chi connectivity index (χ1) is 17.2. The number of likely N-dealkylation sites (N-methyl/N-ethyl adjacent to an activating group) is 1. The maximum Gasteiger partial charge on any atom is 0.417 e. The van der Waals surface area contributed by atoms with Crippen LogP contribution in [0, 0.1) is 0 Å². The van der Waals surface area contributed by atoms with Crippen molar-refractivity contribution in [3.8, 4) is 5.69 Å². The van der Waals surface area contributed by atoms with Gasteiger partial charge in [-0.05, 0) is 49.5 Å². The molecule has 0 aliphatic carbocycles. The molecule has 0 unspecified atom stereocenters. The molecular formula is C22H19Cl2F3N8O2. The van der Waals surface area contributed by atoms with Crippen molar-refractivity contribution in [3.63, 3.8) is 0 Å². The molecule has 2 aromatic heterocycles. The van der Waals surface area contributed by atoms with Crippen molar-refractivity contribution in [1.82, 2.24) is 24.8 Å². The number of hydrogen-bond acceptors (Lipinski definition) is 6. The molecule has 4 N–H and O–H groups in total. The van der Waals surface area contributed by atoms with Crippen LogP contribution in [0.15, 0.2) is 55.1 Å². The molecule has 2 aromatic carbocycles. The largest absolute Gasteiger partial charge is 0.417 e. The van der Waals surface area contributed by atoms with Gasteiger partial charge in [0.05, 0.1) is 17.1 Å². The molecule has 0 aliphatic heterocycles. The van der Waals surface area contributed by atoms with Crippen LogP contribution < -0.4 is 21.3 Å². The van der Waals surface area contributed by atoms with E-state index in [0.29, 0.717) is 22.5 Å². The summed E-state index contributed by atoms with van der Waals surface area (Å²) in [6, 6.07) is 8.91. The van der Waals surface area contributed by atoms with Crippen molar-refractivity contribution >= 4 is 64.3 Å². The Morgan fingerprint density at radius 3 is 2.32 bits per heavy atom. The Hall–Kier alpha value is -3.94. The number of fused-ring (bicyclic) bond motifs is 1. The summed E-state index contributed by atoms with van der Waals surface area (Å²) in [5, 5.41) is 9.84. The maximum atomic E-state index is 13.0. The average Bonchev–Trinajstić information content (AvgIpc) is 3.25. The average molecular weight is 555 g/mol. The van der Waals surface area contributed by atoms with Crippen molar-refractivity contribution in [3.05, 3.63) is 65.7 Å². The van der Waals surface area contributed by atoms with Gasteiger partial charge in [0, 0.05) is 17.1 Å². The minimum atomic E-state index is -4.65. The number of imidazole rings is 1. The van der Waals surface area contributed by atoms with Crippen LogP contribution in [-0.4, -0.2) is 45.0 Å². The van der Waals surface area contributed by atoms with Crippen molar-refractivity contribution in [2.45, 2.75) is 6.18 Å². The molecule has 10 nitrogen and oxygen atoms in total. The zero-order chi connectivity index (χ0) is 25.9. The summed E-state index contributed by atoms with van der Waals surface area (Å²) in [5.74, 6) is -0.0150. The molecule has 2 heterocycles. The number of carbonyl (C=O) groups is 2. The summed E-state index contributed by atoms with van der Waals surface area (Å²) in [4.78, 5) is 36.8. The van der Waals surface area contributed by atoms with E-state index in [-0.39, 0.29) is 36.4 Å². The van der Waals surface area contributed by atoms with E-state index < -0.39 is 22.8 Å². The Balaban J connectivity index is 0.00000380. The number of aromatic nitrogens is 4. The molecule has 4 rings (SSSR count). The number of anilines is 3. The number of urea groups is 1.